The minimum absolute atomic E-state index is 0.0535. The van der Waals surface area contributed by atoms with Gasteiger partial charge in [-0.3, -0.25) is 9.59 Å². The normalized spacial score (nSPS) is 23.5. The molecule has 0 aromatic heterocycles. The van der Waals surface area contributed by atoms with Crippen LogP contribution in [-0.4, -0.2) is 78.7 Å². The summed E-state index contributed by atoms with van der Waals surface area (Å²) in [5.74, 6) is 1.59. The first-order chi connectivity index (χ1) is 14.5. The quantitative estimate of drug-likeness (QED) is 0.671. The molecule has 0 unspecified atom stereocenters. The molecule has 1 saturated carbocycles. The number of likely N-dealkylation sites (tertiary alicyclic amines) is 1. The molecule has 2 aliphatic heterocycles. The lowest BCUT2D eigenvalue weighted by atomic mass is 9.95. The van der Waals surface area contributed by atoms with Crippen LogP contribution in [0.5, 0.6) is 5.75 Å². The lowest BCUT2D eigenvalue weighted by molar-refractivity contribution is -0.150. The summed E-state index contributed by atoms with van der Waals surface area (Å²) in [5.41, 5.74) is 0.766. The summed E-state index contributed by atoms with van der Waals surface area (Å²) < 4.78 is 5.64. The van der Waals surface area contributed by atoms with Gasteiger partial charge in [0.15, 0.2) is 0 Å². The van der Waals surface area contributed by atoms with Gasteiger partial charge in [0.2, 0.25) is 11.8 Å². The van der Waals surface area contributed by atoms with E-state index in [0.717, 1.165) is 44.0 Å². The monoisotopic (exact) mass is 415 g/mol. The Morgan fingerprint density at radius 2 is 1.90 bits per heavy atom. The second-order valence-electron chi connectivity index (χ2n) is 9.07. The molecule has 0 radical (unpaired) electrons. The Kier molecular flexibility index (Phi) is 6.89. The van der Waals surface area contributed by atoms with Crippen molar-refractivity contribution in [3.8, 4) is 5.75 Å². The number of nitrogens with one attached hydrogen (secondary N) is 1. The van der Waals surface area contributed by atoms with E-state index in [4.69, 9.17) is 4.74 Å². The Balaban J connectivity index is 1.18. The van der Waals surface area contributed by atoms with E-state index in [0.29, 0.717) is 19.0 Å². The lowest BCUT2D eigenvalue weighted by Crippen LogP contribution is -2.52. The number of ether oxygens (including phenoxy) is 1. The van der Waals surface area contributed by atoms with Crippen LogP contribution in [0, 0.1) is 11.8 Å². The molecule has 7 heteroatoms. The number of hydrogen-bond donors (Lipinski definition) is 2. The number of carbonyl (C=O) groups excluding carboxylic acids is 2. The summed E-state index contributed by atoms with van der Waals surface area (Å²) in [4.78, 5) is 29.0. The number of phenolic OH excluding ortho intramolecular Hbond substituents is 1. The predicted molar refractivity (Wildman–Crippen MR) is 113 cm³/mol. The Morgan fingerprint density at radius 1 is 1.13 bits per heavy atom. The zero-order valence-corrected chi connectivity index (χ0v) is 17.6. The van der Waals surface area contributed by atoms with Gasteiger partial charge in [0, 0.05) is 26.2 Å². The van der Waals surface area contributed by atoms with E-state index in [-0.39, 0.29) is 36.7 Å². The van der Waals surface area contributed by atoms with E-state index in [2.05, 4.69) is 10.2 Å². The van der Waals surface area contributed by atoms with E-state index < -0.39 is 0 Å². The number of phenols is 1. The third kappa shape index (κ3) is 6.19. The molecule has 7 nitrogen and oxygen atoms in total. The maximum atomic E-state index is 12.3. The number of nitrogens with zero attached hydrogens (tertiary/aromatic N) is 2. The Bertz CT molecular complexity index is 744. The number of morpholine rings is 1. The van der Waals surface area contributed by atoms with E-state index in [1.165, 1.54) is 19.4 Å². The minimum atomic E-state index is -0.175. The topological polar surface area (TPSA) is 82.1 Å². The van der Waals surface area contributed by atoms with Gasteiger partial charge in [-0.15, -0.1) is 0 Å². The molecule has 1 aromatic carbocycles. The first-order valence-corrected chi connectivity index (χ1v) is 11.2. The fraction of sp³-hybridized carbons (Fsp3) is 0.652. The van der Waals surface area contributed by atoms with Crippen molar-refractivity contribution in [3.05, 3.63) is 29.8 Å². The molecule has 2 amide bonds. The number of benzene rings is 1. The fourth-order valence-electron chi connectivity index (χ4n) is 4.45. The van der Waals surface area contributed by atoms with Crippen molar-refractivity contribution < 1.29 is 19.4 Å². The highest BCUT2D eigenvalue weighted by Gasteiger charge is 2.31. The maximum Gasteiger partial charge on any atom is 0.248 e. The summed E-state index contributed by atoms with van der Waals surface area (Å²) in [6.07, 6.45) is 5.14. The van der Waals surface area contributed by atoms with Crippen molar-refractivity contribution in [2.45, 2.75) is 38.2 Å². The number of rotatable bonds is 8. The van der Waals surface area contributed by atoms with Crippen molar-refractivity contribution in [1.29, 1.82) is 0 Å². The summed E-state index contributed by atoms with van der Waals surface area (Å²) in [6.45, 7) is 5.37. The molecule has 2 saturated heterocycles. The average molecular weight is 416 g/mol. The van der Waals surface area contributed by atoms with Crippen LogP contribution < -0.4 is 5.32 Å². The van der Waals surface area contributed by atoms with Crippen molar-refractivity contribution in [2.75, 3.05) is 45.9 Å². The van der Waals surface area contributed by atoms with Crippen molar-refractivity contribution >= 4 is 11.8 Å². The second kappa shape index (κ2) is 9.79. The van der Waals surface area contributed by atoms with Crippen LogP contribution in [0.1, 0.15) is 31.2 Å². The molecule has 3 aliphatic rings. The summed E-state index contributed by atoms with van der Waals surface area (Å²) >= 11 is 0. The van der Waals surface area contributed by atoms with Crippen molar-refractivity contribution in [1.82, 2.24) is 15.1 Å². The summed E-state index contributed by atoms with van der Waals surface area (Å²) in [7, 11) is 0. The van der Waals surface area contributed by atoms with Gasteiger partial charge in [-0.1, -0.05) is 12.1 Å². The Morgan fingerprint density at radius 3 is 2.63 bits per heavy atom. The summed E-state index contributed by atoms with van der Waals surface area (Å²) in [5, 5.41) is 12.4. The number of amides is 2. The molecule has 1 aromatic rings. The van der Waals surface area contributed by atoms with Crippen LogP contribution in [0.3, 0.4) is 0 Å². The van der Waals surface area contributed by atoms with E-state index in [9.17, 15) is 14.7 Å². The number of carbonyl (C=O) groups is 2. The van der Waals surface area contributed by atoms with Gasteiger partial charge >= 0.3 is 0 Å². The summed E-state index contributed by atoms with van der Waals surface area (Å²) in [6, 6.07) is 6.71. The molecule has 0 spiro atoms. The first kappa shape index (κ1) is 21.1. The van der Waals surface area contributed by atoms with Crippen LogP contribution in [0.4, 0.5) is 0 Å². The molecule has 3 fully saturated rings. The van der Waals surface area contributed by atoms with Gasteiger partial charge in [-0.2, -0.15) is 0 Å². The molecule has 0 bridgehead atoms. The van der Waals surface area contributed by atoms with Gasteiger partial charge in [0.25, 0.3) is 0 Å². The molecule has 2 heterocycles. The van der Waals surface area contributed by atoms with Crippen LogP contribution in [0.25, 0.3) is 0 Å². The number of hydrogen-bond acceptors (Lipinski definition) is 5. The van der Waals surface area contributed by atoms with Gasteiger partial charge in [0.05, 0.1) is 12.5 Å². The minimum Gasteiger partial charge on any atom is -0.508 e. The number of piperidine rings is 1. The molecule has 1 atom stereocenters. The van der Waals surface area contributed by atoms with Gasteiger partial charge in [0.1, 0.15) is 12.4 Å². The average Bonchev–Trinajstić information content (AvgIpc) is 3.54. The molecule has 164 valence electrons. The second-order valence-corrected chi connectivity index (χ2v) is 9.07. The predicted octanol–water partition coefficient (Wildman–Crippen LogP) is 1.40. The Labute approximate surface area is 178 Å². The zero-order valence-electron chi connectivity index (χ0n) is 17.6. The third-order valence-corrected chi connectivity index (χ3v) is 6.42. The fourth-order valence-corrected chi connectivity index (χ4v) is 4.45. The van der Waals surface area contributed by atoms with Crippen LogP contribution >= 0.6 is 0 Å². The SMILES string of the molecule is O=C(Cc1cccc(O)c1)NC[C@@H]1CN(CC2CCN(CC3CC3)CC2)C(=O)CO1. The number of aromatic hydroxyl groups is 1. The van der Waals surface area contributed by atoms with Crippen LogP contribution in [0.15, 0.2) is 24.3 Å². The smallest absolute Gasteiger partial charge is 0.248 e. The molecule has 4 rings (SSSR count). The largest absolute Gasteiger partial charge is 0.508 e. The molecule has 2 N–H and O–H groups in total. The molecule has 30 heavy (non-hydrogen) atoms. The zero-order chi connectivity index (χ0) is 20.9. The standard InChI is InChI=1S/C23H33N3O4/c27-20-3-1-2-19(10-20)11-22(28)24-12-21-15-26(23(29)16-30-21)14-18-6-8-25(9-7-18)13-17-4-5-17/h1-3,10,17-18,21,27H,4-9,11-16H2,(H,24,28)/t21-/m1/s1. The third-order valence-electron chi connectivity index (χ3n) is 6.42. The lowest BCUT2D eigenvalue weighted by Gasteiger charge is -2.38. The first-order valence-electron chi connectivity index (χ1n) is 11.2. The Hall–Kier alpha value is -2.12. The van der Waals surface area contributed by atoms with Gasteiger partial charge in [-0.25, -0.2) is 0 Å². The van der Waals surface area contributed by atoms with E-state index >= 15 is 0 Å². The highest BCUT2D eigenvalue weighted by atomic mass is 16.5. The van der Waals surface area contributed by atoms with Crippen LogP contribution in [-0.2, 0) is 20.7 Å². The molecule has 1 aliphatic carbocycles. The van der Waals surface area contributed by atoms with Gasteiger partial charge < -0.3 is 25.0 Å². The van der Waals surface area contributed by atoms with E-state index in [1.807, 2.05) is 11.0 Å². The van der Waals surface area contributed by atoms with Crippen molar-refractivity contribution in [2.24, 2.45) is 11.8 Å². The maximum absolute atomic E-state index is 12.3. The van der Waals surface area contributed by atoms with Gasteiger partial charge in [-0.05, 0) is 68.3 Å². The molecular formula is C23H33N3O4. The van der Waals surface area contributed by atoms with Crippen molar-refractivity contribution in [3.63, 3.8) is 0 Å². The molecular weight excluding hydrogens is 382 g/mol. The van der Waals surface area contributed by atoms with Crippen LogP contribution in [0.2, 0.25) is 0 Å². The highest BCUT2D eigenvalue weighted by Crippen LogP contribution is 2.31. The van der Waals surface area contributed by atoms with E-state index in [1.54, 1.807) is 18.2 Å². The highest BCUT2D eigenvalue weighted by molar-refractivity contribution is 5.79.